The first-order chi connectivity index (χ1) is 5.59. The van der Waals surface area contributed by atoms with Crippen molar-refractivity contribution in [2.75, 3.05) is 0 Å². The topological polar surface area (TPSA) is 55.1 Å². The zero-order valence-corrected chi connectivity index (χ0v) is 7.19. The van der Waals surface area contributed by atoms with E-state index >= 15 is 0 Å². The molecule has 0 saturated heterocycles. The van der Waals surface area contributed by atoms with Crippen LogP contribution >= 0.6 is 0 Å². The molecule has 0 bridgehead atoms. The second-order valence-corrected chi connectivity index (χ2v) is 2.85. The van der Waals surface area contributed by atoms with E-state index in [4.69, 9.17) is 5.11 Å². The number of aromatic nitrogens is 2. The van der Waals surface area contributed by atoms with E-state index in [0.29, 0.717) is 12.2 Å². The molecule has 0 unspecified atom stereocenters. The van der Waals surface area contributed by atoms with Crippen molar-refractivity contribution in [3.63, 3.8) is 0 Å². The fourth-order valence-electron chi connectivity index (χ4n) is 0.938. The summed E-state index contributed by atoms with van der Waals surface area (Å²) in [7, 11) is 0. The Morgan fingerprint density at radius 3 is 2.92 bits per heavy atom. The lowest BCUT2D eigenvalue weighted by Crippen LogP contribution is -2.27. The van der Waals surface area contributed by atoms with Gasteiger partial charge in [0.05, 0.1) is 12.6 Å². The molecule has 12 heavy (non-hydrogen) atoms. The number of aliphatic hydroxyl groups is 1. The van der Waals surface area contributed by atoms with Gasteiger partial charge < -0.3 is 5.11 Å². The minimum atomic E-state index is -0.521. The molecule has 0 spiro atoms. The second kappa shape index (κ2) is 3.49. The lowest BCUT2D eigenvalue weighted by molar-refractivity contribution is 0.171. The largest absolute Gasteiger partial charge is 0.392 e. The first-order valence-corrected chi connectivity index (χ1v) is 3.82. The van der Waals surface area contributed by atoms with Gasteiger partial charge in [-0.3, -0.25) is 4.57 Å². The Kier molecular flexibility index (Phi) is 2.60. The molecule has 1 rings (SSSR count). The SMILES string of the molecule is Cc1ccn(C[C@@H](C)O)c(=O)n1. The van der Waals surface area contributed by atoms with Gasteiger partial charge in [-0.2, -0.15) is 4.98 Å². The van der Waals surface area contributed by atoms with Crippen LogP contribution in [-0.4, -0.2) is 20.8 Å². The lowest BCUT2D eigenvalue weighted by Gasteiger charge is -2.06. The van der Waals surface area contributed by atoms with E-state index in [1.165, 1.54) is 4.57 Å². The van der Waals surface area contributed by atoms with E-state index < -0.39 is 6.10 Å². The molecule has 0 aliphatic carbocycles. The minimum Gasteiger partial charge on any atom is -0.392 e. The quantitative estimate of drug-likeness (QED) is 0.672. The van der Waals surface area contributed by atoms with Crippen molar-refractivity contribution in [3.05, 3.63) is 28.4 Å². The molecular formula is C8H12N2O2. The molecule has 0 radical (unpaired) electrons. The van der Waals surface area contributed by atoms with Crippen LogP contribution in [0.3, 0.4) is 0 Å². The van der Waals surface area contributed by atoms with Gasteiger partial charge in [0.1, 0.15) is 0 Å². The molecule has 0 aromatic carbocycles. The van der Waals surface area contributed by atoms with Gasteiger partial charge in [0, 0.05) is 11.9 Å². The molecule has 0 fully saturated rings. The molecule has 1 atom stereocenters. The first-order valence-electron chi connectivity index (χ1n) is 3.82. The van der Waals surface area contributed by atoms with Crippen LogP contribution in [0, 0.1) is 6.92 Å². The third-order valence-electron chi connectivity index (χ3n) is 1.47. The van der Waals surface area contributed by atoms with Crippen molar-refractivity contribution in [3.8, 4) is 0 Å². The Hall–Kier alpha value is -1.16. The third-order valence-corrected chi connectivity index (χ3v) is 1.47. The summed E-state index contributed by atoms with van der Waals surface area (Å²) in [6, 6.07) is 1.74. The Morgan fingerprint density at radius 1 is 1.75 bits per heavy atom. The third kappa shape index (κ3) is 2.17. The molecule has 1 aromatic heterocycles. The van der Waals surface area contributed by atoms with Gasteiger partial charge >= 0.3 is 5.69 Å². The van der Waals surface area contributed by atoms with Crippen LogP contribution in [0.25, 0.3) is 0 Å². The Labute approximate surface area is 70.5 Å². The zero-order chi connectivity index (χ0) is 9.14. The van der Waals surface area contributed by atoms with Crippen molar-refractivity contribution in [2.24, 2.45) is 0 Å². The number of hydrogen-bond acceptors (Lipinski definition) is 3. The number of aryl methyl sites for hydroxylation is 1. The van der Waals surface area contributed by atoms with Gasteiger partial charge in [0.15, 0.2) is 0 Å². The van der Waals surface area contributed by atoms with E-state index in [1.807, 2.05) is 0 Å². The highest BCUT2D eigenvalue weighted by molar-refractivity contribution is 4.95. The maximum Gasteiger partial charge on any atom is 0.347 e. The molecule has 66 valence electrons. The van der Waals surface area contributed by atoms with Crippen molar-refractivity contribution in [2.45, 2.75) is 26.5 Å². The fraction of sp³-hybridized carbons (Fsp3) is 0.500. The molecule has 1 N–H and O–H groups in total. The summed E-state index contributed by atoms with van der Waals surface area (Å²) < 4.78 is 1.39. The van der Waals surface area contributed by atoms with Crippen LogP contribution in [-0.2, 0) is 6.54 Å². The summed E-state index contributed by atoms with van der Waals surface area (Å²) in [5.74, 6) is 0. The number of hydrogen-bond donors (Lipinski definition) is 1. The van der Waals surface area contributed by atoms with Gasteiger partial charge in [-0.05, 0) is 19.9 Å². The molecule has 1 aromatic rings. The molecule has 4 heteroatoms. The summed E-state index contributed by atoms with van der Waals surface area (Å²) in [5, 5.41) is 9.01. The summed E-state index contributed by atoms with van der Waals surface area (Å²) in [5.41, 5.74) is 0.387. The van der Waals surface area contributed by atoms with Gasteiger partial charge in [-0.15, -0.1) is 0 Å². The summed E-state index contributed by atoms with van der Waals surface area (Å²) in [6.45, 7) is 3.69. The number of nitrogens with zero attached hydrogens (tertiary/aromatic N) is 2. The highest BCUT2D eigenvalue weighted by Gasteiger charge is 2.00. The van der Waals surface area contributed by atoms with E-state index in [2.05, 4.69) is 4.98 Å². The second-order valence-electron chi connectivity index (χ2n) is 2.85. The molecule has 0 amide bonds. The number of aliphatic hydroxyl groups excluding tert-OH is 1. The maximum atomic E-state index is 11.1. The van der Waals surface area contributed by atoms with Gasteiger partial charge in [-0.25, -0.2) is 4.79 Å². The monoisotopic (exact) mass is 168 g/mol. The van der Waals surface area contributed by atoms with Crippen LogP contribution in [0.4, 0.5) is 0 Å². The van der Waals surface area contributed by atoms with Crippen molar-refractivity contribution >= 4 is 0 Å². The standard InChI is InChI=1S/C8H12N2O2/c1-6-3-4-10(5-7(2)11)8(12)9-6/h3-4,7,11H,5H2,1-2H3/t7-/m1/s1. The van der Waals surface area contributed by atoms with Crippen LogP contribution in [0.5, 0.6) is 0 Å². The lowest BCUT2D eigenvalue weighted by atomic mass is 10.4. The van der Waals surface area contributed by atoms with Crippen molar-refractivity contribution in [1.29, 1.82) is 0 Å². The predicted molar refractivity (Wildman–Crippen MR) is 44.9 cm³/mol. The van der Waals surface area contributed by atoms with Gasteiger partial charge in [-0.1, -0.05) is 0 Å². The van der Waals surface area contributed by atoms with E-state index in [9.17, 15) is 4.79 Å². The summed E-state index contributed by atoms with van der Waals surface area (Å²) >= 11 is 0. The van der Waals surface area contributed by atoms with E-state index in [0.717, 1.165) is 0 Å². The smallest absolute Gasteiger partial charge is 0.347 e. The first kappa shape index (κ1) is 8.93. The minimum absolute atomic E-state index is 0.298. The summed E-state index contributed by atoms with van der Waals surface area (Å²) in [6.07, 6.45) is 1.12. The molecule has 1 heterocycles. The van der Waals surface area contributed by atoms with E-state index in [1.54, 1.807) is 26.1 Å². The summed E-state index contributed by atoms with van der Waals surface area (Å²) in [4.78, 5) is 14.8. The molecule has 0 aliphatic rings. The molecule has 4 nitrogen and oxygen atoms in total. The fourth-order valence-corrected chi connectivity index (χ4v) is 0.938. The van der Waals surface area contributed by atoms with Crippen molar-refractivity contribution in [1.82, 2.24) is 9.55 Å². The van der Waals surface area contributed by atoms with Gasteiger partial charge in [0.2, 0.25) is 0 Å². The maximum absolute atomic E-state index is 11.1. The molecule has 0 saturated carbocycles. The normalized spacial score (nSPS) is 12.9. The van der Waals surface area contributed by atoms with Crippen LogP contribution < -0.4 is 5.69 Å². The Morgan fingerprint density at radius 2 is 2.42 bits per heavy atom. The van der Waals surface area contributed by atoms with Gasteiger partial charge in [0.25, 0.3) is 0 Å². The predicted octanol–water partition coefficient (Wildman–Crippen LogP) is -0.0675. The number of rotatable bonds is 2. The van der Waals surface area contributed by atoms with Crippen LogP contribution in [0.15, 0.2) is 17.1 Å². The average Bonchev–Trinajstić information content (AvgIpc) is 1.94. The molecule has 0 aliphatic heterocycles. The molecular weight excluding hydrogens is 156 g/mol. The van der Waals surface area contributed by atoms with Crippen LogP contribution in [0.2, 0.25) is 0 Å². The highest BCUT2D eigenvalue weighted by atomic mass is 16.3. The highest BCUT2D eigenvalue weighted by Crippen LogP contribution is 1.89. The zero-order valence-electron chi connectivity index (χ0n) is 7.19. The Bertz CT molecular complexity index is 317. The average molecular weight is 168 g/mol. The van der Waals surface area contributed by atoms with Crippen LogP contribution in [0.1, 0.15) is 12.6 Å². The Balaban J connectivity index is 2.94. The van der Waals surface area contributed by atoms with Crippen molar-refractivity contribution < 1.29 is 5.11 Å². The van der Waals surface area contributed by atoms with E-state index in [-0.39, 0.29) is 5.69 Å².